The Morgan fingerprint density at radius 2 is 2.15 bits per heavy atom. The molecule has 0 aromatic heterocycles. The predicted molar refractivity (Wildman–Crippen MR) is 82.3 cm³/mol. The smallest absolute Gasteiger partial charge is 0.220 e. The molecule has 1 amide bonds. The number of aliphatic hydroxyl groups excluding tert-OH is 1. The van der Waals surface area contributed by atoms with E-state index >= 15 is 0 Å². The van der Waals surface area contributed by atoms with E-state index in [0.29, 0.717) is 13.0 Å². The van der Waals surface area contributed by atoms with Gasteiger partial charge in [0.25, 0.3) is 0 Å². The molecule has 0 heterocycles. The van der Waals surface area contributed by atoms with Gasteiger partial charge in [-0.05, 0) is 36.4 Å². The van der Waals surface area contributed by atoms with Crippen molar-refractivity contribution in [2.75, 3.05) is 26.1 Å². The van der Waals surface area contributed by atoms with Gasteiger partial charge in [0.05, 0.1) is 19.3 Å². The summed E-state index contributed by atoms with van der Waals surface area (Å²) in [5.74, 6) is 0.807. The molecule has 0 saturated heterocycles. The number of nitrogens with one attached hydrogen (secondary N) is 1. The predicted octanol–water partition coefficient (Wildman–Crippen LogP) is 2.34. The Morgan fingerprint density at radius 3 is 2.75 bits per heavy atom. The van der Waals surface area contributed by atoms with Crippen LogP contribution in [0.5, 0.6) is 0 Å². The molecular weight excluding hydrogens is 298 g/mol. The van der Waals surface area contributed by atoms with Gasteiger partial charge in [-0.15, -0.1) is 11.8 Å². The molecule has 20 heavy (non-hydrogen) atoms. The molecule has 0 bridgehead atoms. The highest BCUT2D eigenvalue weighted by atomic mass is 35.5. The SMILES string of the molecule is COCC(CO)NC(=O)CCCSc1ccc(Cl)cc1. The Kier molecular flexibility index (Phi) is 8.69. The number of ether oxygens (including phenoxy) is 1. The largest absolute Gasteiger partial charge is 0.394 e. The molecule has 1 atom stereocenters. The van der Waals surface area contributed by atoms with E-state index in [2.05, 4.69) is 5.32 Å². The molecule has 0 fully saturated rings. The van der Waals surface area contributed by atoms with Crippen LogP contribution in [0.25, 0.3) is 0 Å². The minimum absolute atomic E-state index is 0.0576. The highest BCUT2D eigenvalue weighted by Crippen LogP contribution is 2.21. The lowest BCUT2D eigenvalue weighted by Crippen LogP contribution is -2.40. The van der Waals surface area contributed by atoms with Crippen LogP contribution < -0.4 is 5.32 Å². The van der Waals surface area contributed by atoms with E-state index in [1.54, 1.807) is 11.8 Å². The van der Waals surface area contributed by atoms with E-state index < -0.39 is 0 Å². The summed E-state index contributed by atoms with van der Waals surface area (Å²) in [5.41, 5.74) is 0. The molecule has 1 unspecified atom stereocenters. The molecule has 1 aromatic carbocycles. The van der Waals surface area contributed by atoms with E-state index in [4.69, 9.17) is 21.4 Å². The number of methoxy groups -OCH3 is 1. The quantitative estimate of drug-likeness (QED) is 0.542. The molecule has 1 aromatic rings. The first-order valence-corrected chi connectivity index (χ1v) is 7.79. The first kappa shape index (κ1) is 17.3. The topological polar surface area (TPSA) is 58.6 Å². The van der Waals surface area contributed by atoms with Crippen molar-refractivity contribution in [3.05, 3.63) is 29.3 Å². The molecular formula is C14H20ClNO3S. The van der Waals surface area contributed by atoms with E-state index in [1.165, 1.54) is 7.11 Å². The van der Waals surface area contributed by atoms with E-state index in [9.17, 15) is 4.79 Å². The van der Waals surface area contributed by atoms with Gasteiger partial charge in [-0.1, -0.05) is 11.6 Å². The fourth-order valence-electron chi connectivity index (χ4n) is 1.59. The summed E-state index contributed by atoms with van der Waals surface area (Å²) in [4.78, 5) is 12.8. The number of benzene rings is 1. The zero-order chi connectivity index (χ0) is 14.8. The standard InChI is InChI=1S/C14H20ClNO3S/c1-19-10-12(9-17)16-14(18)3-2-8-20-13-6-4-11(15)5-7-13/h4-7,12,17H,2-3,8-10H2,1H3,(H,16,18). The second-order valence-electron chi connectivity index (χ2n) is 4.31. The lowest BCUT2D eigenvalue weighted by atomic mass is 10.3. The number of aliphatic hydroxyl groups is 1. The molecule has 0 aliphatic carbocycles. The Morgan fingerprint density at radius 1 is 1.45 bits per heavy atom. The molecule has 0 saturated carbocycles. The van der Waals surface area contributed by atoms with Gasteiger partial charge in [-0.2, -0.15) is 0 Å². The van der Waals surface area contributed by atoms with Crippen molar-refractivity contribution in [1.29, 1.82) is 0 Å². The van der Waals surface area contributed by atoms with Crippen LogP contribution in [-0.4, -0.2) is 43.1 Å². The molecule has 0 spiro atoms. The Hall–Kier alpha value is -0.750. The normalized spacial score (nSPS) is 12.2. The van der Waals surface area contributed by atoms with Crippen molar-refractivity contribution in [3.8, 4) is 0 Å². The second kappa shape index (κ2) is 10.0. The van der Waals surface area contributed by atoms with Crippen molar-refractivity contribution in [1.82, 2.24) is 5.32 Å². The van der Waals surface area contributed by atoms with E-state index in [-0.39, 0.29) is 18.6 Å². The highest BCUT2D eigenvalue weighted by Gasteiger charge is 2.10. The van der Waals surface area contributed by atoms with Gasteiger partial charge < -0.3 is 15.2 Å². The summed E-state index contributed by atoms with van der Waals surface area (Å²) in [5, 5.41) is 12.5. The molecule has 0 aliphatic heterocycles. The molecule has 112 valence electrons. The number of hydrogen-bond donors (Lipinski definition) is 2. The maximum atomic E-state index is 11.6. The fraction of sp³-hybridized carbons (Fsp3) is 0.500. The summed E-state index contributed by atoms with van der Waals surface area (Å²) in [7, 11) is 1.54. The van der Waals surface area contributed by atoms with Crippen molar-refractivity contribution in [2.45, 2.75) is 23.8 Å². The van der Waals surface area contributed by atoms with Crippen LogP contribution in [0.2, 0.25) is 5.02 Å². The fourth-order valence-corrected chi connectivity index (χ4v) is 2.57. The first-order valence-electron chi connectivity index (χ1n) is 6.43. The summed E-state index contributed by atoms with van der Waals surface area (Å²) in [6.45, 7) is 0.209. The number of hydrogen-bond acceptors (Lipinski definition) is 4. The molecule has 1 rings (SSSR count). The third-order valence-electron chi connectivity index (χ3n) is 2.58. The van der Waals surface area contributed by atoms with Gasteiger partial charge in [0.15, 0.2) is 0 Å². The molecule has 0 aliphatic rings. The number of thioether (sulfide) groups is 1. The highest BCUT2D eigenvalue weighted by molar-refractivity contribution is 7.99. The number of amides is 1. The molecule has 0 radical (unpaired) electrons. The summed E-state index contributed by atoms with van der Waals surface area (Å²) >= 11 is 7.50. The average molecular weight is 318 g/mol. The number of rotatable bonds is 9. The van der Waals surface area contributed by atoms with Crippen molar-refractivity contribution in [2.24, 2.45) is 0 Å². The minimum Gasteiger partial charge on any atom is -0.394 e. The Labute approximate surface area is 128 Å². The van der Waals surface area contributed by atoms with Gasteiger partial charge in [0.1, 0.15) is 0 Å². The lowest BCUT2D eigenvalue weighted by molar-refractivity contribution is -0.122. The Balaban J connectivity index is 2.17. The van der Waals surface area contributed by atoms with Gasteiger partial charge in [0, 0.05) is 23.4 Å². The van der Waals surface area contributed by atoms with Crippen LogP contribution in [0.4, 0.5) is 0 Å². The summed E-state index contributed by atoms with van der Waals surface area (Å²) in [6.07, 6.45) is 1.23. The minimum atomic E-state index is -0.323. The van der Waals surface area contributed by atoms with Crippen molar-refractivity contribution in [3.63, 3.8) is 0 Å². The van der Waals surface area contributed by atoms with Crippen LogP contribution in [-0.2, 0) is 9.53 Å². The van der Waals surface area contributed by atoms with Gasteiger partial charge in [-0.25, -0.2) is 0 Å². The lowest BCUT2D eigenvalue weighted by Gasteiger charge is -2.14. The van der Waals surface area contributed by atoms with E-state index in [0.717, 1.165) is 22.1 Å². The maximum Gasteiger partial charge on any atom is 0.220 e. The van der Waals surface area contributed by atoms with Gasteiger partial charge in [0.2, 0.25) is 5.91 Å². The third-order valence-corrected chi connectivity index (χ3v) is 3.93. The second-order valence-corrected chi connectivity index (χ2v) is 5.91. The van der Waals surface area contributed by atoms with Crippen LogP contribution in [0, 0.1) is 0 Å². The zero-order valence-corrected chi connectivity index (χ0v) is 13.0. The van der Waals surface area contributed by atoms with Crippen molar-refractivity contribution >= 4 is 29.3 Å². The molecule has 2 N–H and O–H groups in total. The van der Waals surface area contributed by atoms with Crippen LogP contribution >= 0.6 is 23.4 Å². The van der Waals surface area contributed by atoms with Gasteiger partial charge >= 0.3 is 0 Å². The Bertz CT molecular complexity index is 400. The zero-order valence-electron chi connectivity index (χ0n) is 11.5. The average Bonchev–Trinajstić information content (AvgIpc) is 2.45. The summed E-state index contributed by atoms with van der Waals surface area (Å²) < 4.78 is 4.90. The molecule has 4 nitrogen and oxygen atoms in total. The van der Waals surface area contributed by atoms with Crippen LogP contribution in [0.3, 0.4) is 0 Å². The monoisotopic (exact) mass is 317 g/mol. The summed E-state index contributed by atoms with van der Waals surface area (Å²) in [6, 6.07) is 7.32. The first-order chi connectivity index (χ1) is 9.65. The number of halogens is 1. The van der Waals surface area contributed by atoms with Gasteiger partial charge in [-0.3, -0.25) is 4.79 Å². The van der Waals surface area contributed by atoms with Crippen molar-refractivity contribution < 1.29 is 14.6 Å². The van der Waals surface area contributed by atoms with E-state index in [1.807, 2.05) is 24.3 Å². The number of carbonyl (C=O) groups is 1. The molecule has 6 heteroatoms. The maximum absolute atomic E-state index is 11.6. The number of carbonyl (C=O) groups excluding carboxylic acids is 1. The van der Waals surface area contributed by atoms with Crippen LogP contribution in [0.1, 0.15) is 12.8 Å². The van der Waals surface area contributed by atoms with Crippen LogP contribution in [0.15, 0.2) is 29.2 Å². The third kappa shape index (κ3) is 7.14.